The lowest BCUT2D eigenvalue weighted by Gasteiger charge is -2.08. The van der Waals surface area contributed by atoms with Crippen LogP contribution in [0, 0.1) is 5.41 Å². The molecule has 0 radical (unpaired) electrons. The highest BCUT2D eigenvalue weighted by atomic mass is 16.5. The number of esters is 1. The van der Waals surface area contributed by atoms with Crippen molar-refractivity contribution >= 4 is 23.8 Å². The van der Waals surface area contributed by atoms with Gasteiger partial charge in [0, 0.05) is 31.3 Å². The number of carbonyl (C=O) groups excluding carboxylic acids is 2. The molecule has 1 aromatic carbocycles. The molecule has 0 fully saturated rings. The summed E-state index contributed by atoms with van der Waals surface area (Å²) < 4.78 is 4.85. The smallest absolute Gasteiger partial charge is 0.302 e. The van der Waals surface area contributed by atoms with Gasteiger partial charge in [0.25, 0.3) is 0 Å². The summed E-state index contributed by atoms with van der Waals surface area (Å²) in [5.41, 5.74) is 1.91. The Morgan fingerprint density at radius 3 is 2.65 bits per heavy atom. The molecule has 5 heteroatoms. The third kappa shape index (κ3) is 4.06. The van der Waals surface area contributed by atoms with Crippen LogP contribution in [0.2, 0.25) is 0 Å². The van der Waals surface area contributed by atoms with Gasteiger partial charge in [0.15, 0.2) is 0 Å². The summed E-state index contributed by atoms with van der Waals surface area (Å²) in [6, 6.07) is 5.11. The van der Waals surface area contributed by atoms with Crippen LogP contribution in [-0.2, 0) is 20.9 Å². The molecule has 0 saturated carbocycles. The molecule has 0 aliphatic heterocycles. The van der Waals surface area contributed by atoms with Crippen LogP contribution >= 0.6 is 0 Å². The second-order valence-corrected chi connectivity index (χ2v) is 3.53. The molecule has 2 N–H and O–H groups in total. The molecule has 1 amide bonds. The summed E-state index contributed by atoms with van der Waals surface area (Å²) in [6.45, 7) is 2.90. The number of rotatable bonds is 4. The van der Waals surface area contributed by atoms with Crippen molar-refractivity contribution < 1.29 is 14.3 Å². The standard InChI is InChI=1S/C12H14N2O3/c1-8(15)14-12-4-3-10(5-11(12)6-13)7-17-9(2)16/h3-6,13H,7H2,1-2H3,(H,14,15). The number of carbonyl (C=O) groups is 2. The van der Waals surface area contributed by atoms with Crippen LogP contribution in [0.25, 0.3) is 0 Å². The third-order valence-electron chi connectivity index (χ3n) is 2.02. The van der Waals surface area contributed by atoms with Crippen LogP contribution < -0.4 is 5.32 Å². The first-order valence-electron chi connectivity index (χ1n) is 5.07. The lowest BCUT2D eigenvalue weighted by molar-refractivity contribution is -0.142. The van der Waals surface area contributed by atoms with Crippen molar-refractivity contribution in [2.24, 2.45) is 0 Å². The molecule has 1 rings (SSSR count). The van der Waals surface area contributed by atoms with Crippen LogP contribution in [0.5, 0.6) is 0 Å². The van der Waals surface area contributed by atoms with Gasteiger partial charge in [-0.2, -0.15) is 0 Å². The Bertz CT molecular complexity index is 455. The number of nitrogens with one attached hydrogen (secondary N) is 2. The highest BCUT2D eigenvalue weighted by molar-refractivity contribution is 5.95. The molecule has 0 saturated heterocycles. The van der Waals surface area contributed by atoms with E-state index in [2.05, 4.69) is 5.32 Å². The molecule has 0 atom stereocenters. The van der Waals surface area contributed by atoms with Gasteiger partial charge in [0.05, 0.1) is 0 Å². The van der Waals surface area contributed by atoms with Crippen LogP contribution in [-0.4, -0.2) is 18.1 Å². The zero-order chi connectivity index (χ0) is 12.8. The minimum atomic E-state index is -0.354. The van der Waals surface area contributed by atoms with E-state index in [0.29, 0.717) is 11.3 Å². The predicted molar refractivity (Wildman–Crippen MR) is 64.1 cm³/mol. The molecule has 1 aromatic rings. The van der Waals surface area contributed by atoms with Crippen LogP contribution in [0.15, 0.2) is 18.2 Å². The number of amides is 1. The second-order valence-electron chi connectivity index (χ2n) is 3.53. The van der Waals surface area contributed by atoms with Crippen molar-refractivity contribution in [3.05, 3.63) is 29.3 Å². The van der Waals surface area contributed by atoms with Gasteiger partial charge in [0.2, 0.25) is 5.91 Å². The van der Waals surface area contributed by atoms with E-state index in [-0.39, 0.29) is 18.5 Å². The van der Waals surface area contributed by atoms with Gasteiger partial charge in [-0.3, -0.25) is 9.59 Å². The minimum absolute atomic E-state index is 0.163. The SMILES string of the molecule is CC(=O)Nc1ccc(COC(C)=O)cc1C=N. The van der Waals surface area contributed by atoms with Crippen molar-refractivity contribution in [3.63, 3.8) is 0 Å². The van der Waals surface area contributed by atoms with E-state index in [9.17, 15) is 9.59 Å². The zero-order valence-electron chi connectivity index (χ0n) is 9.74. The van der Waals surface area contributed by atoms with Crippen LogP contribution in [0.3, 0.4) is 0 Å². The number of benzene rings is 1. The molecule has 0 aliphatic carbocycles. The molecular weight excluding hydrogens is 220 g/mol. The van der Waals surface area contributed by atoms with Gasteiger partial charge in [-0.1, -0.05) is 6.07 Å². The van der Waals surface area contributed by atoms with Gasteiger partial charge < -0.3 is 15.5 Å². The first-order valence-corrected chi connectivity index (χ1v) is 5.07. The highest BCUT2D eigenvalue weighted by Gasteiger charge is 2.04. The quantitative estimate of drug-likeness (QED) is 0.614. The molecule has 17 heavy (non-hydrogen) atoms. The number of anilines is 1. The van der Waals surface area contributed by atoms with E-state index in [4.69, 9.17) is 10.1 Å². The van der Waals surface area contributed by atoms with Crippen molar-refractivity contribution in [2.75, 3.05) is 5.32 Å². The zero-order valence-corrected chi connectivity index (χ0v) is 9.74. The molecule has 0 aromatic heterocycles. The number of hydrogen-bond acceptors (Lipinski definition) is 4. The molecule has 0 bridgehead atoms. The van der Waals surface area contributed by atoms with E-state index in [1.54, 1.807) is 18.2 Å². The first-order chi connectivity index (χ1) is 8.02. The largest absolute Gasteiger partial charge is 0.461 e. The van der Waals surface area contributed by atoms with Crippen LogP contribution in [0.1, 0.15) is 25.0 Å². The van der Waals surface area contributed by atoms with Gasteiger partial charge >= 0.3 is 5.97 Å². The van der Waals surface area contributed by atoms with Gasteiger partial charge in [-0.25, -0.2) is 0 Å². The molecule has 0 aliphatic rings. The first kappa shape index (κ1) is 12.9. The average molecular weight is 234 g/mol. The summed E-state index contributed by atoms with van der Waals surface area (Å²) in [7, 11) is 0. The maximum Gasteiger partial charge on any atom is 0.302 e. The van der Waals surface area contributed by atoms with Gasteiger partial charge in [0.1, 0.15) is 6.61 Å². The van der Waals surface area contributed by atoms with Gasteiger partial charge in [-0.15, -0.1) is 0 Å². The normalized spacial score (nSPS) is 9.53. The molecule has 5 nitrogen and oxygen atoms in total. The summed E-state index contributed by atoms with van der Waals surface area (Å²) in [5, 5.41) is 9.88. The Balaban J connectivity index is 2.87. The maximum absolute atomic E-state index is 10.9. The summed E-state index contributed by atoms with van der Waals surface area (Å²) in [6.07, 6.45) is 1.14. The highest BCUT2D eigenvalue weighted by Crippen LogP contribution is 2.16. The second kappa shape index (κ2) is 5.79. The fourth-order valence-electron chi connectivity index (χ4n) is 1.31. The van der Waals surface area contributed by atoms with Crippen LogP contribution in [0.4, 0.5) is 5.69 Å². The monoisotopic (exact) mass is 234 g/mol. The molecular formula is C12H14N2O3. The van der Waals surface area contributed by atoms with Crippen molar-refractivity contribution in [3.8, 4) is 0 Å². The fourth-order valence-corrected chi connectivity index (χ4v) is 1.31. The molecule has 0 heterocycles. The lowest BCUT2D eigenvalue weighted by Crippen LogP contribution is -2.08. The fraction of sp³-hybridized carbons (Fsp3) is 0.250. The Labute approximate surface area is 99.3 Å². The van der Waals surface area contributed by atoms with E-state index in [1.165, 1.54) is 13.8 Å². The van der Waals surface area contributed by atoms with Crippen molar-refractivity contribution in [2.45, 2.75) is 20.5 Å². The lowest BCUT2D eigenvalue weighted by atomic mass is 10.1. The summed E-state index contributed by atoms with van der Waals surface area (Å²) in [5.74, 6) is -0.548. The van der Waals surface area contributed by atoms with E-state index < -0.39 is 0 Å². The topological polar surface area (TPSA) is 79.2 Å². The Morgan fingerprint density at radius 2 is 2.12 bits per heavy atom. The Kier molecular flexibility index (Phi) is 4.39. The molecule has 90 valence electrons. The van der Waals surface area contributed by atoms with E-state index in [1.807, 2.05) is 0 Å². The Morgan fingerprint density at radius 1 is 1.41 bits per heavy atom. The number of hydrogen-bond donors (Lipinski definition) is 2. The number of ether oxygens (including phenoxy) is 1. The molecule has 0 unspecified atom stereocenters. The van der Waals surface area contributed by atoms with Crippen molar-refractivity contribution in [1.82, 2.24) is 0 Å². The van der Waals surface area contributed by atoms with E-state index >= 15 is 0 Å². The van der Waals surface area contributed by atoms with Gasteiger partial charge in [-0.05, 0) is 17.7 Å². The minimum Gasteiger partial charge on any atom is -0.461 e. The maximum atomic E-state index is 10.9. The molecule has 0 spiro atoms. The predicted octanol–water partition coefficient (Wildman–Crippen LogP) is 1.71. The van der Waals surface area contributed by atoms with E-state index in [0.717, 1.165) is 11.8 Å². The summed E-state index contributed by atoms with van der Waals surface area (Å²) >= 11 is 0. The third-order valence-corrected chi connectivity index (χ3v) is 2.02. The van der Waals surface area contributed by atoms with Crippen molar-refractivity contribution in [1.29, 1.82) is 5.41 Å². The average Bonchev–Trinajstić information content (AvgIpc) is 2.26. The summed E-state index contributed by atoms with van der Waals surface area (Å²) in [4.78, 5) is 21.6. The Hall–Kier alpha value is -2.17.